The molecule has 0 bridgehead atoms. The summed E-state index contributed by atoms with van der Waals surface area (Å²) in [5.74, 6) is 0. The standard InChI is InChI=1S/C32H12BF24.C23H19N4/c34-25(35,36)13-1-14(26(37,38)39)6-21(5-13)33(22-7-15(27(40,41)42)2-16(8-22)28(43,44)45,23-9-17(29(46,47)48)3-18(10-23)30(49,50)51)24-11-19(31(52,53)54)4-20(12-24)32(55,56)57;24-26-25-21-11-6-9-19(15-21)16-23-22-12-5-4-10-20(22)13-14-27(23)17-18-7-2-1-3-8-18/h1-12H;1-15H,16-17H2/q-1;+1. The van der Waals surface area contributed by atoms with Gasteiger partial charge in [0.25, 0.3) is 0 Å². The molecule has 8 aromatic rings. The van der Waals surface area contributed by atoms with Crippen LogP contribution in [0.4, 0.5) is 111 Å². The number of halogens is 24. The number of nitrogens with zero attached hydrogens (tertiary/aromatic N) is 4. The summed E-state index contributed by atoms with van der Waals surface area (Å²) in [5.41, 5.74) is -17.2. The van der Waals surface area contributed by atoms with Crippen LogP contribution in [-0.4, -0.2) is 6.15 Å². The third kappa shape index (κ3) is 14.3. The number of fused-ring (bicyclic) bond motifs is 1. The molecule has 0 aliphatic carbocycles. The van der Waals surface area contributed by atoms with Crippen LogP contribution in [0.25, 0.3) is 21.2 Å². The van der Waals surface area contributed by atoms with Gasteiger partial charge in [0, 0.05) is 27.6 Å². The Morgan fingerprint density at radius 2 is 0.679 bits per heavy atom. The monoisotopic (exact) mass is 1210 g/mol. The molecule has 7 aromatic carbocycles. The molecule has 29 heteroatoms. The van der Waals surface area contributed by atoms with Gasteiger partial charge in [-0.2, -0.15) is 132 Å². The maximum absolute atomic E-state index is 14.2. The van der Waals surface area contributed by atoms with E-state index >= 15 is 0 Å². The lowest BCUT2D eigenvalue weighted by Gasteiger charge is -2.46. The maximum atomic E-state index is 14.2. The van der Waals surface area contributed by atoms with Crippen LogP contribution in [0.1, 0.15) is 61.3 Å². The second kappa shape index (κ2) is 22.7. The molecule has 0 aliphatic rings. The molecule has 1 heterocycles. The quantitative estimate of drug-likeness (QED) is 0.0345. The molecule has 0 saturated carbocycles. The van der Waals surface area contributed by atoms with E-state index in [0.717, 1.165) is 18.5 Å². The van der Waals surface area contributed by atoms with Crippen molar-refractivity contribution in [3.63, 3.8) is 0 Å². The van der Waals surface area contributed by atoms with Crippen molar-refractivity contribution in [1.82, 2.24) is 0 Å². The number of benzene rings is 7. The smallest absolute Gasteiger partial charge is 0.197 e. The van der Waals surface area contributed by atoms with E-state index < -0.39 is 195 Å². The zero-order valence-electron chi connectivity index (χ0n) is 41.4. The lowest BCUT2D eigenvalue weighted by atomic mass is 9.12. The molecule has 0 saturated heterocycles. The molecule has 0 atom stereocenters. The highest BCUT2D eigenvalue weighted by molar-refractivity contribution is 7.20. The minimum atomic E-state index is -6.13. The average molecular weight is 1210 g/mol. The van der Waals surface area contributed by atoms with E-state index in [4.69, 9.17) is 5.53 Å². The van der Waals surface area contributed by atoms with E-state index in [0.29, 0.717) is 5.69 Å². The van der Waals surface area contributed by atoms with Crippen LogP contribution in [0.2, 0.25) is 0 Å². The Morgan fingerprint density at radius 3 is 1.01 bits per heavy atom. The first-order valence-corrected chi connectivity index (χ1v) is 23.5. The van der Waals surface area contributed by atoms with Crippen LogP contribution in [0.3, 0.4) is 0 Å². The van der Waals surface area contributed by atoms with Crippen molar-refractivity contribution in [3.8, 4) is 0 Å². The Bertz CT molecular complexity index is 3320. The van der Waals surface area contributed by atoms with Gasteiger partial charge in [-0.05, 0) is 52.9 Å². The molecule has 0 N–H and O–H groups in total. The van der Waals surface area contributed by atoms with Gasteiger partial charge in [-0.1, -0.05) is 120 Å². The molecule has 0 amide bonds. The highest BCUT2D eigenvalue weighted by atomic mass is 19.4. The molecular weight excluding hydrogens is 1180 g/mol. The van der Waals surface area contributed by atoms with E-state index in [1.807, 2.05) is 24.3 Å². The van der Waals surface area contributed by atoms with Crippen molar-refractivity contribution >= 4 is 44.5 Å². The fourth-order valence-electron chi connectivity index (χ4n) is 9.49. The minimum Gasteiger partial charge on any atom is -0.197 e. The van der Waals surface area contributed by atoms with Crippen molar-refractivity contribution in [2.45, 2.75) is 62.4 Å². The Kier molecular flexibility index (Phi) is 17.1. The second-order valence-electron chi connectivity index (χ2n) is 18.7. The third-order valence-corrected chi connectivity index (χ3v) is 13.1. The van der Waals surface area contributed by atoms with Crippen LogP contribution >= 0.6 is 0 Å². The van der Waals surface area contributed by atoms with Gasteiger partial charge in [0.15, 0.2) is 18.4 Å². The molecule has 4 nitrogen and oxygen atoms in total. The highest BCUT2D eigenvalue weighted by Crippen LogP contribution is 2.42. The second-order valence-corrected chi connectivity index (χ2v) is 18.7. The molecule has 1 aromatic heterocycles. The van der Waals surface area contributed by atoms with Gasteiger partial charge in [-0.25, -0.2) is 0 Å². The Balaban J connectivity index is 0.000000309. The molecule has 0 radical (unpaired) electrons. The van der Waals surface area contributed by atoms with Gasteiger partial charge in [0.05, 0.1) is 50.9 Å². The summed E-state index contributed by atoms with van der Waals surface area (Å²) in [5, 5.41) is 6.20. The zero-order valence-corrected chi connectivity index (χ0v) is 41.4. The predicted molar refractivity (Wildman–Crippen MR) is 258 cm³/mol. The van der Waals surface area contributed by atoms with Gasteiger partial charge >= 0.3 is 49.4 Å². The molecule has 84 heavy (non-hydrogen) atoms. The number of alkyl halides is 24. The normalized spacial score (nSPS) is 13.1. The molecule has 442 valence electrons. The van der Waals surface area contributed by atoms with E-state index in [2.05, 4.69) is 81.5 Å². The van der Waals surface area contributed by atoms with Crippen LogP contribution in [0.15, 0.2) is 169 Å². The first kappa shape index (κ1) is 63.2. The molecule has 0 unspecified atom stereocenters. The first-order chi connectivity index (χ1) is 38.6. The van der Waals surface area contributed by atoms with Gasteiger partial charge < -0.3 is 0 Å². The minimum absolute atomic E-state index is 0.643. The molecule has 0 aliphatic heterocycles. The number of hydrogen-bond acceptors (Lipinski definition) is 1. The van der Waals surface area contributed by atoms with E-state index in [1.165, 1.54) is 22.0 Å². The number of azide groups is 1. The first-order valence-electron chi connectivity index (χ1n) is 23.5. The van der Waals surface area contributed by atoms with E-state index in [1.54, 1.807) is 0 Å². The van der Waals surface area contributed by atoms with Crippen molar-refractivity contribution < 1.29 is 110 Å². The summed E-state index contributed by atoms with van der Waals surface area (Å²) in [4.78, 5) is 2.90. The van der Waals surface area contributed by atoms with Crippen molar-refractivity contribution in [1.29, 1.82) is 0 Å². The van der Waals surface area contributed by atoms with E-state index in [-0.39, 0.29) is 0 Å². The average Bonchev–Trinajstić information content (AvgIpc) is 0.893. The summed E-state index contributed by atoms with van der Waals surface area (Å²) in [6.45, 7) is 0.817. The van der Waals surface area contributed by atoms with Crippen molar-refractivity contribution in [3.05, 3.63) is 236 Å². The molecule has 0 spiro atoms. The largest absolute Gasteiger partial charge is 0.416 e. The summed E-state index contributed by atoms with van der Waals surface area (Å²) >= 11 is 0. The molecular formula is C55H31BF24N4. The summed E-state index contributed by atoms with van der Waals surface area (Å²) in [6.07, 6.45) is -51.9. The summed E-state index contributed by atoms with van der Waals surface area (Å²) in [7, 11) is 0. The van der Waals surface area contributed by atoms with Crippen molar-refractivity contribution in [2.24, 2.45) is 5.11 Å². The third-order valence-electron chi connectivity index (χ3n) is 13.1. The Morgan fingerprint density at radius 1 is 0.357 bits per heavy atom. The van der Waals surface area contributed by atoms with Crippen LogP contribution in [-0.2, 0) is 62.4 Å². The van der Waals surface area contributed by atoms with Crippen molar-refractivity contribution in [2.75, 3.05) is 0 Å². The number of rotatable bonds is 9. The number of pyridine rings is 1. The molecule has 0 fully saturated rings. The lowest BCUT2D eigenvalue weighted by Crippen LogP contribution is -2.75. The highest BCUT2D eigenvalue weighted by Gasteiger charge is 2.47. The van der Waals surface area contributed by atoms with Gasteiger partial charge in [-0.3, -0.25) is 0 Å². The summed E-state index contributed by atoms with van der Waals surface area (Å²) in [6, 6.07) is 20.1. The number of hydrogen-bond donors (Lipinski definition) is 0. The van der Waals surface area contributed by atoms with Crippen LogP contribution in [0, 0.1) is 0 Å². The SMILES string of the molecule is FC(F)(F)c1cc([B-](c2cc(C(F)(F)F)cc(C(F)(F)F)c2)(c2cc(C(F)(F)F)cc(C(F)(F)F)c2)c2cc(C(F)(F)F)cc(C(F)(F)F)c2)cc(C(F)(F)F)c1.[N-]=[N+]=Nc1cccc(Cc2c3ccccc3cc[n+]2Cc2ccccc2)c1. The molecule has 8 rings (SSSR count). The van der Waals surface area contributed by atoms with Crippen LogP contribution < -0.4 is 26.4 Å². The topological polar surface area (TPSA) is 52.6 Å². The van der Waals surface area contributed by atoms with Crippen LogP contribution in [0.5, 0.6) is 0 Å². The number of aromatic nitrogens is 1. The fourth-order valence-corrected chi connectivity index (χ4v) is 9.49. The Labute approximate surface area is 456 Å². The van der Waals surface area contributed by atoms with E-state index in [9.17, 15) is 105 Å². The van der Waals surface area contributed by atoms with Gasteiger partial charge in [0.2, 0.25) is 0 Å². The maximum Gasteiger partial charge on any atom is 0.416 e. The van der Waals surface area contributed by atoms with Gasteiger partial charge in [0.1, 0.15) is 6.15 Å². The lowest BCUT2D eigenvalue weighted by molar-refractivity contribution is -0.693. The Hall–Kier alpha value is -8.36. The fraction of sp³-hybridized carbons (Fsp3) is 0.182. The predicted octanol–water partition coefficient (Wildman–Crippen LogP) is 16.9. The van der Waals surface area contributed by atoms with Gasteiger partial charge in [-0.15, -0.1) is 0 Å². The summed E-state index contributed by atoms with van der Waals surface area (Å²) < 4.78 is 343. The zero-order chi connectivity index (χ0) is 62.4.